The smallest absolute Gasteiger partial charge is 0.191 e. The molecule has 0 aliphatic carbocycles. The molecule has 6 rings (SSSR count). The standard InChI is InChI=1S/2C16H23N5O4S.H2O/c2*1-2-3-4-5-6-26-16-19-13(17)10-14(20-16)21(8-18-10)15-12(24)11(23)9(7-22)25-15;/h2*2,8-9,11-12,15,22-24H,1,3-7H2,(H2,17,19,20);1H2/t2*9-,11-,12-,15-;/m11./s1. The second-order valence-corrected chi connectivity index (χ2v) is 14.3. The van der Waals surface area contributed by atoms with E-state index >= 15 is 0 Å². The molecule has 4 aromatic heterocycles. The van der Waals surface area contributed by atoms with Gasteiger partial charge in [-0.2, -0.15) is 0 Å². The van der Waals surface area contributed by atoms with E-state index in [0.717, 1.165) is 50.0 Å². The Bertz CT molecular complexity index is 1670. The number of unbranched alkanes of at least 4 members (excludes halogenated alkanes) is 4. The highest BCUT2D eigenvalue weighted by molar-refractivity contribution is 7.99. The lowest BCUT2D eigenvalue weighted by Crippen LogP contribution is -2.33. The van der Waals surface area contributed by atoms with Gasteiger partial charge in [0.1, 0.15) is 47.7 Å². The molecule has 0 unspecified atom stereocenters. The maximum atomic E-state index is 10.2. The summed E-state index contributed by atoms with van der Waals surface area (Å²) in [6, 6.07) is 0. The predicted molar refractivity (Wildman–Crippen MR) is 199 cm³/mol. The largest absolute Gasteiger partial charge is 0.412 e. The van der Waals surface area contributed by atoms with Crippen molar-refractivity contribution < 1.29 is 45.6 Å². The molecule has 0 bridgehead atoms. The molecule has 2 aliphatic heterocycles. The van der Waals surface area contributed by atoms with Gasteiger partial charge >= 0.3 is 0 Å². The normalized spacial score (nSPS) is 25.3. The Balaban J connectivity index is 0.000000232. The molecular weight excluding hydrogens is 733 g/mol. The molecule has 8 atom stereocenters. The molecule has 21 heteroatoms. The lowest BCUT2D eigenvalue weighted by Gasteiger charge is -2.16. The molecule has 0 amide bonds. The van der Waals surface area contributed by atoms with E-state index in [1.54, 1.807) is 0 Å². The van der Waals surface area contributed by atoms with E-state index in [4.69, 9.17) is 20.9 Å². The monoisotopic (exact) mass is 780 g/mol. The first kappa shape index (κ1) is 42.3. The highest BCUT2D eigenvalue weighted by atomic mass is 32.2. The Kier molecular flexibility index (Phi) is 15.7. The fourth-order valence-electron chi connectivity index (χ4n) is 5.66. The zero-order valence-electron chi connectivity index (χ0n) is 29.0. The average Bonchev–Trinajstić information content (AvgIpc) is 3.89. The minimum absolute atomic E-state index is 0. The topological polar surface area (TPSA) is 311 Å². The molecule has 2 aliphatic rings. The van der Waals surface area contributed by atoms with Gasteiger partial charge in [-0.15, -0.1) is 13.2 Å². The molecule has 53 heavy (non-hydrogen) atoms. The summed E-state index contributed by atoms with van der Waals surface area (Å²) in [5.41, 5.74) is 13.6. The minimum Gasteiger partial charge on any atom is -0.412 e. The number of rotatable bonds is 16. The Hall–Kier alpha value is -3.48. The van der Waals surface area contributed by atoms with Crippen molar-refractivity contribution in [3.63, 3.8) is 0 Å². The van der Waals surface area contributed by atoms with Crippen molar-refractivity contribution in [2.24, 2.45) is 0 Å². The lowest BCUT2D eigenvalue weighted by atomic mass is 10.1. The number of aromatic nitrogens is 8. The van der Waals surface area contributed by atoms with Crippen LogP contribution in [0.4, 0.5) is 11.6 Å². The number of hydrogen-bond donors (Lipinski definition) is 8. The van der Waals surface area contributed by atoms with Crippen molar-refractivity contribution in [3.8, 4) is 0 Å². The first-order valence-corrected chi connectivity index (χ1v) is 18.8. The van der Waals surface area contributed by atoms with Crippen LogP contribution in [0.15, 0.2) is 48.3 Å². The third kappa shape index (κ3) is 9.61. The van der Waals surface area contributed by atoms with Crippen LogP contribution < -0.4 is 11.5 Å². The fourth-order valence-corrected chi connectivity index (χ4v) is 7.35. The maximum absolute atomic E-state index is 10.2. The van der Waals surface area contributed by atoms with Gasteiger partial charge in [0.2, 0.25) is 0 Å². The number of aliphatic hydroxyl groups is 6. The van der Waals surface area contributed by atoms with Gasteiger partial charge in [-0.1, -0.05) is 35.7 Å². The number of aliphatic hydroxyl groups excluding tert-OH is 6. The number of ether oxygens (including phenoxy) is 2. The van der Waals surface area contributed by atoms with Crippen LogP contribution in [0.3, 0.4) is 0 Å². The highest BCUT2D eigenvalue weighted by Gasteiger charge is 2.45. The number of anilines is 2. The number of fused-ring (bicyclic) bond motifs is 2. The molecule has 6 heterocycles. The van der Waals surface area contributed by atoms with Crippen LogP contribution in [0.25, 0.3) is 22.3 Å². The van der Waals surface area contributed by atoms with Crippen LogP contribution >= 0.6 is 23.5 Å². The third-order valence-corrected chi connectivity index (χ3v) is 10.4. The van der Waals surface area contributed by atoms with E-state index in [2.05, 4.69) is 43.1 Å². The summed E-state index contributed by atoms with van der Waals surface area (Å²) in [6.45, 7) is 6.61. The molecule has 0 aromatic carbocycles. The van der Waals surface area contributed by atoms with E-state index in [1.807, 2.05) is 12.2 Å². The fraction of sp³-hybridized carbons (Fsp3) is 0.562. The Morgan fingerprint density at radius 2 is 1.06 bits per heavy atom. The summed E-state index contributed by atoms with van der Waals surface area (Å²) < 4.78 is 14.1. The number of hydrogen-bond acceptors (Lipinski definition) is 18. The number of nitrogen functional groups attached to an aromatic ring is 2. The van der Waals surface area contributed by atoms with E-state index in [-0.39, 0.29) is 17.1 Å². The summed E-state index contributed by atoms with van der Waals surface area (Å²) in [5.74, 6) is 2.19. The molecule has 4 aromatic rings. The van der Waals surface area contributed by atoms with Gasteiger partial charge in [-0.05, 0) is 38.5 Å². The van der Waals surface area contributed by atoms with Crippen LogP contribution in [0, 0.1) is 0 Å². The van der Waals surface area contributed by atoms with Gasteiger partial charge in [0.15, 0.2) is 45.7 Å². The van der Waals surface area contributed by atoms with Crippen LogP contribution in [0.1, 0.15) is 51.0 Å². The summed E-state index contributed by atoms with van der Waals surface area (Å²) in [4.78, 5) is 25.9. The van der Waals surface area contributed by atoms with Crippen LogP contribution in [0.5, 0.6) is 0 Å². The van der Waals surface area contributed by atoms with Gasteiger partial charge in [0.05, 0.1) is 25.9 Å². The second-order valence-electron chi connectivity index (χ2n) is 12.2. The van der Waals surface area contributed by atoms with E-state index in [9.17, 15) is 30.6 Å². The molecule has 0 spiro atoms. The van der Waals surface area contributed by atoms with Crippen molar-refractivity contribution in [1.29, 1.82) is 0 Å². The zero-order chi connectivity index (χ0) is 37.4. The Labute approximate surface area is 313 Å². The Morgan fingerprint density at radius 1 is 0.660 bits per heavy atom. The second kappa shape index (κ2) is 19.7. The average molecular weight is 781 g/mol. The van der Waals surface area contributed by atoms with Crippen LogP contribution in [-0.2, 0) is 9.47 Å². The number of allylic oxidation sites excluding steroid dienone is 2. The number of imidazole rings is 2. The summed E-state index contributed by atoms with van der Waals surface area (Å²) in [6.07, 6.45) is 4.35. The van der Waals surface area contributed by atoms with Crippen LogP contribution in [0.2, 0.25) is 0 Å². The lowest BCUT2D eigenvalue weighted by molar-refractivity contribution is -0.0511. The predicted octanol–water partition coefficient (Wildman–Crippen LogP) is 0.112. The third-order valence-electron chi connectivity index (χ3n) is 8.51. The Morgan fingerprint density at radius 3 is 1.40 bits per heavy atom. The summed E-state index contributed by atoms with van der Waals surface area (Å²) in [5, 5.41) is 59.9. The zero-order valence-corrected chi connectivity index (χ0v) is 30.6. The van der Waals surface area contributed by atoms with Crippen molar-refractivity contribution in [1.82, 2.24) is 39.0 Å². The maximum Gasteiger partial charge on any atom is 0.191 e. The molecule has 2 fully saturated rings. The van der Waals surface area contributed by atoms with Gasteiger partial charge in [-0.3, -0.25) is 9.13 Å². The number of thioether (sulfide) groups is 2. The number of nitrogens with zero attached hydrogens (tertiary/aromatic N) is 8. The van der Waals surface area contributed by atoms with Crippen molar-refractivity contribution in [3.05, 3.63) is 38.0 Å². The minimum atomic E-state index is -1.21. The molecule has 2 saturated heterocycles. The molecule has 0 saturated carbocycles. The van der Waals surface area contributed by atoms with E-state index in [0.29, 0.717) is 32.6 Å². The van der Waals surface area contributed by atoms with E-state index < -0.39 is 62.3 Å². The SMILES string of the molecule is C=CCCCCSc1nc(N)c2ncn([C@@H]3O[C@H](CO)[C@@H](O)[C@H]3O)c2n1.C=CCCCCSc1nc(N)c2ncn([C@@H]3O[C@H](CO)[C@@H](O)[C@H]3O)c2n1.O. The number of nitrogens with two attached hydrogens (primary N) is 2. The quantitative estimate of drug-likeness (QED) is 0.0324. The van der Waals surface area contributed by atoms with Crippen molar-refractivity contribution in [2.75, 3.05) is 36.2 Å². The first-order chi connectivity index (χ1) is 25.1. The van der Waals surface area contributed by atoms with Gasteiger partial charge in [0, 0.05) is 11.5 Å². The first-order valence-electron chi connectivity index (χ1n) is 16.9. The van der Waals surface area contributed by atoms with Crippen molar-refractivity contribution >= 4 is 57.5 Å². The van der Waals surface area contributed by atoms with E-state index in [1.165, 1.54) is 45.3 Å². The van der Waals surface area contributed by atoms with Crippen LogP contribution in [-0.4, -0.2) is 136 Å². The van der Waals surface area contributed by atoms with Crippen molar-refractivity contribution in [2.45, 2.75) is 97.9 Å². The summed E-state index contributed by atoms with van der Waals surface area (Å²) >= 11 is 2.98. The summed E-state index contributed by atoms with van der Waals surface area (Å²) in [7, 11) is 0. The van der Waals surface area contributed by atoms with Gasteiger partial charge in [-0.25, -0.2) is 29.9 Å². The molecule has 0 radical (unpaired) electrons. The molecule has 12 N–H and O–H groups in total. The molecular formula is C32H48N10O9S2. The van der Waals surface area contributed by atoms with Gasteiger partial charge < -0.3 is 57.1 Å². The van der Waals surface area contributed by atoms with Gasteiger partial charge in [0.25, 0.3) is 0 Å². The molecule has 19 nitrogen and oxygen atoms in total. The highest BCUT2D eigenvalue weighted by Crippen LogP contribution is 2.34. The molecule has 292 valence electrons.